The number of thiophene rings is 1. The monoisotopic (exact) mass is 270 g/mol. The van der Waals surface area contributed by atoms with Crippen molar-refractivity contribution in [3.05, 3.63) is 27.6 Å². The molecule has 3 rings (SSSR count). The molecular weight excluding hydrogens is 264 g/mol. The Morgan fingerprint density at radius 3 is 3.36 bits per heavy atom. The third kappa shape index (κ3) is 1.02. The molecule has 14 heavy (non-hydrogen) atoms. The first kappa shape index (κ1) is 8.61. The summed E-state index contributed by atoms with van der Waals surface area (Å²) in [6.45, 7) is 0.781. The number of alkyl halides is 1. The number of hydrogen-bond donors (Lipinski definition) is 0. The van der Waals surface area contributed by atoms with Crippen LogP contribution in [-0.4, -0.2) is 9.55 Å². The summed E-state index contributed by atoms with van der Waals surface area (Å²) in [7, 11) is 0. The van der Waals surface area contributed by atoms with Gasteiger partial charge in [0, 0.05) is 6.54 Å². The second-order valence-corrected chi connectivity index (χ2v) is 5.32. The van der Waals surface area contributed by atoms with Gasteiger partial charge in [0.15, 0.2) is 0 Å². The SMILES string of the molecule is O=c1c2ccsc2nc2n1CCC2Br. The highest BCUT2D eigenvalue weighted by atomic mass is 79.9. The largest absolute Gasteiger partial charge is 0.295 e. The standard InChI is InChI=1S/C9H7BrN2OS/c10-6-1-3-12-7(6)11-8-5(9(12)13)2-4-14-8/h2,4,6H,1,3H2. The Kier molecular flexibility index (Phi) is 1.79. The van der Waals surface area contributed by atoms with E-state index in [-0.39, 0.29) is 10.4 Å². The van der Waals surface area contributed by atoms with Crippen molar-refractivity contribution in [1.82, 2.24) is 9.55 Å². The van der Waals surface area contributed by atoms with E-state index in [9.17, 15) is 4.79 Å². The van der Waals surface area contributed by atoms with Crippen molar-refractivity contribution in [2.75, 3.05) is 0 Å². The van der Waals surface area contributed by atoms with E-state index < -0.39 is 0 Å². The van der Waals surface area contributed by atoms with Crippen LogP contribution < -0.4 is 5.56 Å². The van der Waals surface area contributed by atoms with E-state index in [4.69, 9.17) is 0 Å². The molecule has 3 nitrogen and oxygen atoms in total. The summed E-state index contributed by atoms with van der Waals surface area (Å²) >= 11 is 5.05. The van der Waals surface area contributed by atoms with E-state index in [1.165, 1.54) is 11.3 Å². The smallest absolute Gasteiger partial charge is 0.262 e. The third-order valence-electron chi connectivity index (χ3n) is 2.50. The summed E-state index contributed by atoms with van der Waals surface area (Å²) in [4.78, 5) is 17.5. The van der Waals surface area contributed by atoms with Crippen LogP contribution in [0.1, 0.15) is 17.1 Å². The molecule has 1 aliphatic rings. The highest BCUT2D eigenvalue weighted by molar-refractivity contribution is 9.09. The van der Waals surface area contributed by atoms with Gasteiger partial charge >= 0.3 is 0 Å². The molecule has 0 aromatic carbocycles. The normalized spacial score (nSPS) is 20.2. The molecule has 0 spiro atoms. The van der Waals surface area contributed by atoms with E-state index in [2.05, 4.69) is 20.9 Å². The topological polar surface area (TPSA) is 34.9 Å². The Bertz CT molecular complexity index is 559. The Morgan fingerprint density at radius 1 is 1.64 bits per heavy atom. The third-order valence-corrected chi connectivity index (χ3v) is 4.17. The van der Waals surface area contributed by atoms with Gasteiger partial charge in [-0.05, 0) is 17.9 Å². The number of halogens is 1. The van der Waals surface area contributed by atoms with Crippen molar-refractivity contribution < 1.29 is 0 Å². The lowest BCUT2D eigenvalue weighted by molar-refractivity contribution is 0.719. The van der Waals surface area contributed by atoms with Crippen molar-refractivity contribution in [3.63, 3.8) is 0 Å². The summed E-state index contributed by atoms with van der Waals surface area (Å²) < 4.78 is 1.77. The zero-order valence-electron chi connectivity index (χ0n) is 7.24. The molecule has 0 fully saturated rings. The molecule has 72 valence electrons. The molecular formula is C9H7BrN2OS. The average Bonchev–Trinajstić information content (AvgIpc) is 2.75. The van der Waals surface area contributed by atoms with Crippen LogP contribution in [0.5, 0.6) is 0 Å². The molecule has 0 radical (unpaired) electrons. The molecule has 0 aliphatic carbocycles. The summed E-state index contributed by atoms with van der Waals surface area (Å²) in [5.41, 5.74) is 0.105. The van der Waals surface area contributed by atoms with Crippen LogP contribution in [-0.2, 0) is 6.54 Å². The fourth-order valence-corrected chi connectivity index (χ4v) is 3.11. The van der Waals surface area contributed by atoms with Crippen molar-refractivity contribution in [1.29, 1.82) is 0 Å². The highest BCUT2D eigenvalue weighted by Crippen LogP contribution is 2.31. The maximum Gasteiger partial charge on any atom is 0.262 e. The van der Waals surface area contributed by atoms with Gasteiger partial charge < -0.3 is 0 Å². The Morgan fingerprint density at radius 2 is 2.50 bits per heavy atom. The maximum absolute atomic E-state index is 11.9. The number of hydrogen-bond acceptors (Lipinski definition) is 3. The van der Waals surface area contributed by atoms with Crippen LogP contribution in [0, 0.1) is 0 Å². The van der Waals surface area contributed by atoms with Crippen molar-refractivity contribution >= 4 is 37.5 Å². The summed E-state index contributed by atoms with van der Waals surface area (Å²) in [5.74, 6) is 0.880. The van der Waals surface area contributed by atoms with Gasteiger partial charge in [0.2, 0.25) is 0 Å². The van der Waals surface area contributed by atoms with E-state index in [1.807, 2.05) is 11.4 Å². The quantitative estimate of drug-likeness (QED) is 0.689. The van der Waals surface area contributed by atoms with Crippen LogP contribution in [0.4, 0.5) is 0 Å². The van der Waals surface area contributed by atoms with Gasteiger partial charge in [0.05, 0.1) is 10.2 Å². The molecule has 1 atom stereocenters. The molecule has 2 aromatic heterocycles. The van der Waals surface area contributed by atoms with Crippen molar-refractivity contribution in [2.45, 2.75) is 17.8 Å². The number of fused-ring (bicyclic) bond motifs is 2. The van der Waals surface area contributed by atoms with Gasteiger partial charge in [-0.2, -0.15) is 0 Å². The molecule has 1 aliphatic heterocycles. The predicted molar refractivity (Wildman–Crippen MR) is 60.2 cm³/mol. The van der Waals surface area contributed by atoms with Gasteiger partial charge in [-0.3, -0.25) is 9.36 Å². The van der Waals surface area contributed by atoms with Gasteiger partial charge in [-0.15, -0.1) is 11.3 Å². The second kappa shape index (κ2) is 2.90. The van der Waals surface area contributed by atoms with Crippen molar-refractivity contribution in [3.8, 4) is 0 Å². The maximum atomic E-state index is 11.9. The van der Waals surface area contributed by atoms with Crippen LogP contribution in [0.3, 0.4) is 0 Å². The molecule has 3 heterocycles. The molecule has 0 saturated heterocycles. The lowest BCUT2D eigenvalue weighted by Gasteiger charge is -2.02. The van der Waals surface area contributed by atoms with Crippen LogP contribution in [0.25, 0.3) is 10.2 Å². The number of aromatic nitrogens is 2. The highest BCUT2D eigenvalue weighted by Gasteiger charge is 2.23. The fraction of sp³-hybridized carbons (Fsp3) is 0.333. The molecule has 0 bridgehead atoms. The van der Waals surface area contributed by atoms with Crippen LogP contribution in [0.2, 0.25) is 0 Å². The zero-order chi connectivity index (χ0) is 9.71. The van der Waals surface area contributed by atoms with E-state index in [0.29, 0.717) is 0 Å². The first-order valence-electron chi connectivity index (χ1n) is 4.39. The fourth-order valence-electron chi connectivity index (χ4n) is 1.79. The summed E-state index contributed by atoms with van der Waals surface area (Å²) in [6.07, 6.45) is 0.958. The predicted octanol–water partition coefficient (Wildman–Crippen LogP) is 2.30. The number of nitrogens with zero attached hydrogens (tertiary/aromatic N) is 2. The Hall–Kier alpha value is -0.680. The minimum Gasteiger partial charge on any atom is -0.295 e. The zero-order valence-corrected chi connectivity index (χ0v) is 9.64. The van der Waals surface area contributed by atoms with E-state index >= 15 is 0 Å². The lowest BCUT2D eigenvalue weighted by Crippen LogP contribution is -2.20. The number of rotatable bonds is 0. The first-order valence-corrected chi connectivity index (χ1v) is 6.19. The van der Waals surface area contributed by atoms with Gasteiger partial charge in [0.1, 0.15) is 10.7 Å². The lowest BCUT2D eigenvalue weighted by atomic mass is 10.3. The molecule has 5 heteroatoms. The van der Waals surface area contributed by atoms with E-state index in [0.717, 1.165) is 29.0 Å². The molecule has 1 unspecified atom stereocenters. The summed E-state index contributed by atoms with van der Waals surface area (Å²) in [5, 5.41) is 2.67. The van der Waals surface area contributed by atoms with Gasteiger partial charge in [-0.1, -0.05) is 15.9 Å². The second-order valence-electron chi connectivity index (χ2n) is 3.32. The molecule has 0 amide bonds. The first-order chi connectivity index (χ1) is 6.77. The van der Waals surface area contributed by atoms with Crippen molar-refractivity contribution in [2.24, 2.45) is 0 Å². The van der Waals surface area contributed by atoms with E-state index in [1.54, 1.807) is 4.57 Å². The molecule has 2 aromatic rings. The average molecular weight is 271 g/mol. The minimum absolute atomic E-state index is 0.105. The van der Waals surface area contributed by atoms with Crippen LogP contribution in [0.15, 0.2) is 16.2 Å². The van der Waals surface area contributed by atoms with Gasteiger partial charge in [-0.25, -0.2) is 4.98 Å². The van der Waals surface area contributed by atoms with Crippen LogP contribution >= 0.6 is 27.3 Å². The van der Waals surface area contributed by atoms with Gasteiger partial charge in [0.25, 0.3) is 5.56 Å². The molecule has 0 N–H and O–H groups in total. The Balaban J connectivity index is 2.47. The molecule has 0 saturated carbocycles. The minimum atomic E-state index is 0.105. The Labute approximate surface area is 92.5 Å². The summed E-state index contributed by atoms with van der Waals surface area (Å²) in [6, 6.07) is 1.85.